The number of urea groups is 1. The molecular weight excluding hydrogens is 344 g/mol. The number of aryl methyl sites for hydroxylation is 2. The monoisotopic (exact) mass is 376 g/mol. The third-order valence-corrected chi connectivity index (χ3v) is 5.14. The van der Waals surface area contributed by atoms with Crippen LogP contribution in [0.25, 0.3) is 0 Å². The highest BCUT2D eigenvalue weighted by atomic mass is 16.3. The summed E-state index contributed by atoms with van der Waals surface area (Å²) in [4.78, 5) is 28.9. The van der Waals surface area contributed by atoms with Crippen LogP contribution in [0.4, 0.5) is 10.5 Å². The summed E-state index contributed by atoms with van der Waals surface area (Å²) in [6.45, 7) is 11.5. The zero-order valence-electron chi connectivity index (χ0n) is 16.8. The number of amides is 3. The number of carbonyl (C=O) groups excluding carboxylic acids is 2. The normalized spacial score (nSPS) is 18.0. The van der Waals surface area contributed by atoms with Crippen molar-refractivity contribution in [1.82, 2.24) is 15.1 Å². The van der Waals surface area contributed by atoms with Crippen LogP contribution in [0.1, 0.15) is 31.4 Å². The molecular formula is C20H32N4O3. The summed E-state index contributed by atoms with van der Waals surface area (Å²) >= 11 is 0. The van der Waals surface area contributed by atoms with Crippen LogP contribution in [0, 0.1) is 13.8 Å². The van der Waals surface area contributed by atoms with Crippen LogP contribution in [0.2, 0.25) is 0 Å². The summed E-state index contributed by atoms with van der Waals surface area (Å²) in [7, 11) is 0. The molecule has 1 fully saturated rings. The minimum Gasteiger partial charge on any atom is -0.392 e. The minimum atomic E-state index is -0.511. The maximum absolute atomic E-state index is 12.4. The number of aliphatic hydroxyl groups is 1. The van der Waals surface area contributed by atoms with Crippen LogP contribution in [-0.2, 0) is 4.79 Å². The van der Waals surface area contributed by atoms with Gasteiger partial charge in [-0.2, -0.15) is 0 Å². The highest BCUT2D eigenvalue weighted by Gasteiger charge is 2.27. The zero-order chi connectivity index (χ0) is 20.0. The predicted octanol–water partition coefficient (Wildman–Crippen LogP) is 1.73. The van der Waals surface area contributed by atoms with Gasteiger partial charge in [0.15, 0.2) is 0 Å². The zero-order valence-corrected chi connectivity index (χ0v) is 16.8. The number of benzene rings is 1. The van der Waals surface area contributed by atoms with Gasteiger partial charge in [0.2, 0.25) is 5.91 Å². The second kappa shape index (κ2) is 9.82. The summed E-state index contributed by atoms with van der Waals surface area (Å²) in [5, 5.41) is 14.9. The number of rotatable bonds is 6. The van der Waals surface area contributed by atoms with Gasteiger partial charge in [-0.25, -0.2) is 4.79 Å². The van der Waals surface area contributed by atoms with Gasteiger partial charge in [0.1, 0.15) is 0 Å². The summed E-state index contributed by atoms with van der Waals surface area (Å²) in [5.41, 5.74) is 2.77. The van der Waals surface area contributed by atoms with Crippen molar-refractivity contribution in [2.45, 2.75) is 46.3 Å². The first-order chi connectivity index (χ1) is 12.8. The Kier molecular flexibility index (Phi) is 7.77. The van der Waals surface area contributed by atoms with Gasteiger partial charge < -0.3 is 10.4 Å². The summed E-state index contributed by atoms with van der Waals surface area (Å²) in [6.07, 6.45) is 0.445. The predicted molar refractivity (Wildman–Crippen MR) is 107 cm³/mol. The quantitative estimate of drug-likeness (QED) is 0.704. The molecule has 1 saturated heterocycles. The molecule has 3 amide bonds. The van der Waals surface area contributed by atoms with Gasteiger partial charge in [-0.05, 0) is 38.8 Å². The van der Waals surface area contributed by atoms with Crippen molar-refractivity contribution in [2.75, 3.05) is 38.0 Å². The molecule has 1 heterocycles. The molecule has 0 bridgehead atoms. The first-order valence-corrected chi connectivity index (χ1v) is 9.63. The van der Waals surface area contributed by atoms with Crippen LogP contribution in [0.15, 0.2) is 18.2 Å². The lowest BCUT2D eigenvalue weighted by molar-refractivity contribution is -0.125. The molecule has 2 rings (SSSR count). The van der Waals surface area contributed by atoms with E-state index in [1.807, 2.05) is 45.9 Å². The van der Waals surface area contributed by atoms with E-state index in [4.69, 9.17) is 0 Å². The molecule has 2 atom stereocenters. The number of aliphatic hydroxyl groups excluding tert-OH is 1. The van der Waals surface area contributed by atoms with Gasteiger partial charge in [-0.15, -0.1) is 0 Å². The van der Waals surface area contributed by atoms with E-state index in [1.54, 1.807) is 0 Å². The molecule has 0 saturated carbocycles. The van der Waals surface area contributed by atoms with Crippen LogP contribution in [-0.4, -0.2) is 71.7 Å². The fourth-order valence-electron chi connectivity index (χ4n) is 3.25. The largest absolute Gasteiger partial charge is 0.392 e. The molecule has 7 heteroatoms. The number of imide groups is 1. The molecule has 3 N–H and O–H groups in total. The second-order valence-electron chi connectivity index (χ2n) is 7.34. The molecule has 150 valence electrons. The van der Waals surface area contributed by atoms with Gasteiger partial charge in [0.25, 0.3) is 0 Å². The van der Waals surface area contributed by atoms with E-state index < -0.39 is 6.03 Å². The minimum absolute atomic E-state index is 0.300. The van der Waals surface area contributed by atoms with E-state index in [-0.39, 0.29) is 18.1 Å². The maximum Gasteiger partial charge on any atom is 0.325 e. The van der Waals surface area contributed by atoms with Gasteiger partial charge in [-0.1, -0.05) is 24.6 Å². The molecule has 1 aliphatic heterocycles. The molecule has 0 aliphatic carbocycles. The fourth-order valence-corrected chi connectivity index (χ4v) is 3.25. The van der Waals surface area contributed by atoms with Gasteiger partial charge >= 0.3 is 6.03 Å². The van der Waals surface area contributed by atoms with E-state index >= 15 is 0 Å². The Morgan fingerprint density at radius 3 is 2.44 bits per heavy atom. The summed E-state index contributed by atoms with van der Waals surface area (Å²) in [5.74, 6) is -0.306. The Labute approximate surface area is 161 Å². The van der Waals surface area contributed by atoms with E-state index in [0.29, 0.717) is 12.2 Å². The Bertz CT molecular complexity index is 657. The second-order valence-corrected chi connectivity index (χ2v) is 7.34. The third-order valence-electron chi connectivity index (χ3n) is 5.14. The lowest BCUT2D eigenvalue weighted by Gasteiger charge is -2.37. The molecule has 7 nitrogen and oxygen atoms in total. The van der Waals surface area contributed by atoms with Crippen LogP contribution >= 0.6 is 0 Å². The van der Waals surface area contributed by atoms with E-state index in [9.17, 15) is 14.7 Å². The van der Waals surface area contributed by atoms with Crippen LogP contribution in [0.5, 0.6) is 0 Å². The number of nitrogens with zero attached hydrogens (tertiary/aromatic N) is 2. The first-order valence-electron chi connectivity index (χ1n) is 9.63. The smallest absolute Gasteiger partial charge is 0.325 e. The standard InChI is InChI=1S/C20H32N4O3/c1-5-17(25)13-23-8-10-24(11-9-23)16(4)19(26)22-20(27)21-18-7-6-14(2)12-15(18)3/h6-7,12,16-17,25H,5,8-11,13H2,1-4H3,(H2,21,22,26,27)/t16-,17-/m1/s1. The van der Waals surface area contributed by atoms with Gasteiger partial charge in [-0.3, -0.25) is 19.9 Å². The number of nitrogens with one attached hydrogen (secondary N) is 2. The molecule has 0 aromatic heterocycles. The van der Waals surface area contributed by atoms with Crippen molar-refractivity contribution >= 4 is 17.6 Å². The molecule has 1 aromatic carbocycles. The number of carbonyl (C=O) groups is 2. The van der Waals surface area contributed by atoms with E-state index in [0.717, 1.165) is 43.7 Å². The highest BCUT2D eigenvalue weighted by Crippen LogP contribution is 2.15. The molecule has 27 heavy (non-hydrogen) atoms. The summed E-state index contributed by atoms with van der Waals surface area (Å²) < 4.78 is 0. The van der Waals surface area contributed by atoms with Crippen LogP contribution < -0.4 is 10.6 Å². The van der Waals surface area contributed by atoms with Crippen molar-refractivity contribution in [3.05, 3.63) is 29.3 Å². The molecule has 1 aliphatic rings. The van der Waals surface area contributed by atoms with Gasteiger partial charge in [0, 0.05) is 38.4 Å². The number of hydrogen-bond donors (Lipinski definition) is 3. The molecule has 1 aromatic rings. The van der Waals surface area contributed by atoms with E-state index in [2.05, 4.69) is 20.4 Å². The lowest BCUT2D eigenvalue weighted by Crippen LogP contribution is -2.55. The summed E-state index contributed by atoms with van der Waals surface area (Å²) in [6, 6.07) is 4.84. The van der Waals surface area contributed by atoms with Crippen LogP contribution in [0.3, 0.4) is 0 Å². The number of β-amino-alcohol motifs (C(OH)–C–C–N with tert-alkyl or cyclic N) is 1. The average Bonchev–Trinajstić information content (AvgIpc) is 2.64. The fraction of sp³-hybridized carbons (Fsp3) is 0.600. The number of anilines is 1. The van der Waals surface area contributed by atoms with Crippen molar-refractivity contribution in [2.24, 2.45) is 0 Å². The highest BCUT2D eigenvalue weighted by molar-refractivity contribution is 6.03. The number of piperazine rings is 1. The lowest BCUT2D eigenvalue weighted by atomic mass is 10.1. The SMILES string of the molecule is CC[C@@H](O)CN1CCN([C@H](C)C(=O)NC(=O)Nc2ccc(C)cc2C)CC1. The Morgan fingerprint density at radius 1 is 1.19 bits per heavy atom. The Hall–Kier alpha value is -1.96. The maximum atomic E-state index is 12.4. The Balaban J connectivity index is 1.80. The Morgan fingerprint density at radius 2 is 1.85 bits per heavy atom. The van der Waals surface area contributed by atoms with Crippen molar-refractivity contribution in [1.29, 1.82) is 0 Å². The molecule has 0 unspecified atom stereocenters. The molecule has 0 radical (unpaired) electrons. The van der Waals surface area contributed by atoms with Crippen molar-refractivity contribution < 1.29 is 14.7 Å². The molecule has 0 spiro atoms. The topological polar surface area (TPSA) is 84.9 Å². The van der Waals surface area contributed by atoms with E-state index in [1.165, 1.54) is 0 Å². The van der Waals surface area contributed by atoms with Crippen molar-refractivity contribution in [3.8, 4) is 0 Å². The van der Waals surface area contributed by atoms with Crippen molar-refractivity contribution in [3.63, 3.8) is 0 Å². The van der Waals surface area contributed by atoms with Gasteiger partial charge in [0.05, 0.1) is 12.1 Å². The third kappa shape index (κ3) is 6.30. The average molecular weight is 377 g/mol. The number of hydrogen-bond acceptors (Lipinski definition) is 5. The first kappa shape index (κ1) is 21.3.